The van der Waals surface area contributed by atoms with E-state index in [2.05, 4.69) is 10.3 Å². The maximum atomic E-state index is 12.1. The Morgan fingerprint density at radius 2 is 1.93 bits per heavy atom. The fourth-order valence-electron chi connectivity index (χ4n) is 2.47. The molecule has 0 aliphatic rings. The Morgan fingerprint density at radius 1 is 1.14 bits per heavy atom. The highest BCUT2D eigenvalue weighted by molar-refractivity contribution is 7.13. The van der Waals surface area contributed by atoms with E-state index < -0.39 is 5.97 Å². The molecule has 0 fully saturated rings. The van der Waals surface area contributed by atoms with Crippen LogP contribution in [-0.2, 0) is 16.1 Å². The SMILES string of the molecule is Cc1ccc(C(=O)NCC(=O)OCc2csc(-c3ccccc3Cl)n2)cc1C. The molecule has 0 atom stereocenters. The third-order valence-electron chi connectivity index (χ3n) is 4.20. The zero-order valence-electron chi connectivity index (χ0n) is 15.5. The number of hydrogen-bond donors (Lipinski definition) is 1. The van der Waals surface area contributed by atoms with Crippen molar-refractivity contribution < 1.29 is 14.3 Å². The van der Waals surface area contributed by atoms with Gasteiger partial charge in [0.2, 0.25) is 0 Å². The van der Waals surface area contributed by atoms with Crippen molar-refractivity contribution in [3.63, 3.8) is 0 Å². The zero-order chi connectivity index (χ0) is 20.1. The lowest BCUT2D eigenvalue weighted by molar-refractivity contribution is -0.143. The summed E-state index contributed by atoms with van der Waals surface area (Å²) in [6, 6.07) is 12.8. The van der Waals surface area contributed by atoms with Crippen LogP contribution in [0.1, 0.15) is 27.2 Å². The first-order valence-corrected chi connectivity index (χ1v) is 9.90. The smallest absolute Gasteiger partial charge is 0.325 e. The summed E-state index contributed by atoms with van der Waals surface area (Å²) in [5.74, 6) is -0.834. The molecule has 1 amide bonds. The van der Waals surface area contributed by atoms with Gasteiger partial charge in [-0.25, -0.2) is 4.98 Å². The molecule has 1 heterocycles. The minimum atomic E-state index is -0.524. The van der Waals surface area contributed by atoms with Crippen LogP contribution in [0.25, 0.3) is 10.6 Å². The van der Waals surface area contributed by atoms with E-state index in [0.29, 0.717) is 16.3 Å². The molecule has 0 spiro atoms. The van der Waals surface area contributed by atoms with Crippen molar-refractivity contribution in [2.75, 3.05) is 6.54 Å². The van der Waals surface area contributed by atoms with Crippen molar-refractivity contribution in [1.29, 1.82) is 0 Å². The van der Waals surface area contributed by atoms with Crippen LogP contribution in [0.5, 0.6) is 0 Å². The number of thiazole rings is 1. The topological polar surface area (TPSA) is 68.3 Å². The second-order valence-corrected chi connectivity index (χ2v) is 7.53. The predicted octanol–water partition coefficient (Wildman–Crippen LogP) is 4.55. The quantitative estimate of drug-likeness (QED) is 0.600. The molecule has 0 aliphatic heterocycles. The van der Waals surface area contributed by atoms with E-state index >= 15 is 0 Å². The lowest BCUT2D eigenvalue weighted by Gasteiger charge is -2.07. The van der Waals surface area contributed by atoms with E-state index in [0.717, 1.165) is 21.7 Å². The number of amides is 1. The molecular formula is C21H19ClN2O3S. The third-order valence-corrected chi connectivity index (χ3v) is 5.45. The van der Waals surface area contributed by atoms with Crippen LogP contribution in [0.3, 0.4) is 0 Å². The second kappa shape index (κ2) is 8.99. The van der Waals surface area contributed by atoms with Crippen molar-refractivity contribution in [1.82, 2.24) is 10.3 Å². The number of carbonyl (C=O) groups excluding carboxylic acids is 2. The number of ether oxygens (including phenoxy) is 1. The molecule has 1 N–H and O–H groups in total. The Labute approximate surface area is 172 Å². The summed E-state index contributed by atoms with van der Waals surface area (Å²) in [7, 11) is 0. The first-order valence-electron chi connectivity index (χ1n) is 8.64. The largest absolute Gasteiger partial charge is 0.458 e. The molecule has 0 aliphatic carbocycles. The molecule has 3 rings (SSSR count). The lowest BCUT2D eigenvalue weighted by atomic mass is 10.1. The number of benzene rings is 2. The number of carbonyl (C=O) groups is 2. The Bertz CT molecular complexity index is 1020. The standard InChI is InChI=1S/C21H19ClN2O3S/c1-13-7-8-15(9-14(13)2)20(26)23-10-19(25)27-11-16-12-28-21(24-16)17-5-3-4-6-18(17)22/h3-9,12H,10-11H2,1-2H3,(H,23,26). The van der Waals surface area contributed by atoms with E-state index in [1.54, 1.807) is 18.2 Å². The Morgan fingerprint density at radius 3 is 2.68 bits per heavy atom. The average Bonchev–Trinajstić information content (AvgIpc) is 3.15. The molecule has 5 nitrogen and oxygen atoms in total. The van der Waals surface area contributed by atoms with Gasteiger partial charge in [-0.1, -0.05) is 35.9 Å². The number of aromatic nitrogens is 1. The molecule has 1 aromatic heterocycles. The molecule has 0 unspecified atom stereocenters. The number of esters is 1. The van der Waals surface area contributed by atoms with Gasteiger partial charge in [-0.15, -0.1) is 11.3 Å². The van der Waals surface area contributed by atoms with Crippen LogP contribution in [0, 0.1) is 13.8 Å². The number of halogens is 1. The van der Waals surface area contributed by atoms with Crippen molar-refractivity contribution in [3.8, 4) is 10.6 Å². The van der Waals surface area contributed by atoms with Gasteiger partial charge in [0, 0.05) is 16.5 Å². The molecule has 0 radical (unpaired) electrons. The van der Waals surface area contributed by atoms with E-state index in [9.17, 15) is 9.59 Å². The highest BCUT2D eigenvalue weighted by Crippen LogP contribution is 2.30. The molecule has 144 valence electrons. The van der Waals surface area contributed by atoms with Gasteiger partial charge in [-0.05, 0) is 43.2 Å². The first kappa shape index (κ1) is 20.0. The molecule has 7 heteroatoms. The van der Waals surface area contributed by atoms with Gasteiger partial charge in [0.15, 0.2) is 0 Å². The van der Waals surface area contributed by atoms with Crippen LogP contribution >= 0.6 is 22.9 Å². The van der Waals surface area contributed by atoms with Gasteiger partial charge in [0.25, 0.3) is 5.91 Å². The van der Waals surface area contributed by atoms with Crippen molar-refractivity contribution in [3.05, 3.63) is 75.3 Å². The van der Waals surface area contributed by atoms with Crippen LogP contribution < -0.4 is 5.32 Å². The van der Waals surface area contributed by atoms with E-state index in [4.69, 9.17) is 16.3 Å². The normalized spacial score (nSPS) is 10.5. The summed E-state index contributed by atoms with van der Waals surface area (Å²) in [6.07, 6.45) is 0. The molecule has 0 saturated heterocycles. The van der Waals surface area contributed by atoms with Crippen molar-refractivity contribution in [2.45, 2.75) is 20.5 Å². The van der Waals surface area contributed by atoms with Crippen molar-refractivity contribution >= 4 is 34.8 Å². The summed E-state index contributed by atoms with van der Waals surface area (Å²) < 4.78 is 5.19. The fourth-order valence-corrected chi connectivity index (χ4v) is 3.60. The number of nitrogens with zero attached hydrogens (tertiary/aromatic N) is 1. The maximum absolute atomic E-state index is 12.1. The third kappa shape index (κ3) is 4.97. The lowest BCUT2D eigenvalue weighted by Crippen LogP contribution is -2.30. The molecule has 3 aromatic rings. The van der Waals surface area contributed by atoms with Gasteiger partial charge in [-0.2, -0.15) is 0 Å². The Hall–Kier alpha value is -2.70. The Kier molecular flexibility index (Phi) is 6.44. The number of rotatable bonds is 6. The molecule has 0 saturated carbocycles. The number of hydrogen-bond acceptors (Lipinski definition) is 5. The summed E-state index contributed by atoms with van der Waals surface area (Å²) in [6.45, 7) is 3.75. The van der Waals surface area contributed by atoms with Gasteiger partial charge in [0.05, 0.1) is 10.7 Å². The summed E-state index contributed by atoms with van der Waals surface area (Å²) in [5.41, 5.74) is 4.12. The van der Waals surface area contributed by atoms with Gasteiger partial charge < -0.3 is 10.1 Å². The van der Waals surface area contributed by atoms with Crippen LogP contribution in [0.15, 0.2) is 47.8 Å². The average molecular weight is 415 g/mol. The number of aryl methyl sites for hydroxylation is 2. The summed E-state index contributed by atoms with van der Waals surface area (Å²) >= 11 is 7.61. The van der Waals surface area contributed by atoms with Gasteiger partial charge in [-0.3, -0.25) is 9.59 Å². The molecule has 28 heavy (non-hydrogen) atoms. The predicted molar refractivity (Wildman–Crippen MR) is 111 cm³/mol. The minimum Gasteiger partial charge on any atom is -0.458 e. The van der Waals surface area contributed by atoms with E-state index in [1.807, 2.05) is 43.5 Å². The van der Waals surface area contributed by atoms with E-state index in [1.165, 1.54) is 11.3 Å². The monoisotopic (exact) mass is 414 g/mol. The van der Waals surface area contributed by atoms with Crippen LogP contribution in [-0.4, -0.2) is 23.4 Å². The van der Waals surface area contributed by atoms with Gasteiger partial charge >= 0.3 is 5.97 Å². The minimum absolute atomic E-state index is 0.0410. The van der Waals surface area contributed by atoms with Crippen LogP contribution in [0.2, 0.25) is 5.02 Å². The zero-order valence-corrected chi connectivity index (χ0v) is 17.1. The Balaban J connectivity index is 1.50. The molecular weight excluding hydrogens is 396 g/mol. The first-order chi connectivity index (χ1) is 13.4. The van der Waals surface area contributed by atoms with E-state index in [-0.39, 0.29) is 19.1 Å². The number of nitrogens with one attached hydrogen (secondary N) is 1. The highest BCUT2D eigenvalue weighted by Gasteiger charge is 2.12. The maximum Gasteiger partial charge on any atom is 0.325 e. The summed E-state index contributed by atoms with van der Waals surface area (Å²) in [4.78, 5) is 28.5. The summed E-state index contributed by atoms with van der Waals surface area (Å²) in [5, 5.41) is 5.77. The van der Waals surface area contributed by atoms with Gasteiger partial charge in [0.1, 0.15) is 18.2 Å². The fraction of sp³-hybridized carbons (Fsp3) is 0.190. The highest BCUT2D eigenvalue weighted by atomic mass is 35.5. The molecule has 2 aromatic carbocycles. The van der Waals surface area contributed by atoms with Crippen LogP contribution in [0.4, 0.5) is 0 Å². The van der Waals surface area contributed by atoms with Crippen molar-refractivity contribution in [2.24, 2.45) is 0 Å². The second-order valence-electron chi connectivity index (χ2n) is 6.27. The molecule has 0 bridgehead atoms.